The molecule has 0 aliphatic carbocycles. The first kappa shape index (κ1) is 19.1. The van der Waals surface area contributed by atoms with Gasteiger partial charge in [0.2, 0.25) is 5.89 Å². The first-order chi connectivity index (χ1) is 11.9. The van der Waals surface area contributed by atoms with Gasteiger partial charge >= 0.3 is 0 Å². The van der Waals surface area contributed by atoms with Gasteiger partial charge < -0.3 is 20.2 Å². The van der Waals surface area contributed by atoms with Crippen molar-refractivity contribution in [1.29, 1.82) is 0 Å². The molecule has 0 aliphatic heterocycles. The SMILES string of the molecule is CNC(=O)c1nc([C@](C)(CO)NC(=S)CCc2ccccc2)oc1C. The Balaban J connectivity index is 2.09. The molecule has 1 atom stereocenters. The summed E-state index contributed by atoms with van der Waals surface area (Å²) >= 11 is 5.41. The van der Waals surface area contributed by atoms with Crippen LogP contribution in [0, 0.1) is 6.92 Å². The molecule has 3 N–H and O–H groups in total. The summed E-state index contributed by atoms with van der Waals surface area (Å²) in [4.78, 5) is 16.6. The second-order valence-electron chi connectivity index (χ2n) is 6.03. The van der Waals surface area contributed by atoms with Crippen molar-refractivity contribution in [1.82, 2.24) is 15.6 Å². The first-order valence-electron chi connectivity index (χ1n) is 8.05. The zero-order chi connectivity index (χ0) is 18.4. The summed E-state index contributed by atoms with van der Waals surface area (Å²) in [7, 11) is 1.53. The van der Waals surface area contributed by atoms with E-state index < -0.39 is 5.54 Å². The highest BCUT2D eigenvalue weighted by Crippen LogP contribution is 2.23. The third kappa shape index (κ3) is 4.64. The maximum absolute atomic E-state index is 11.8. The van der Waals surface area contributed by atoms with Crippen LogP contribution >= 0.6 is 12.2 Å². The summed E-state index contributed by atoms with van der Waals surface area (Å²) in [5.41, 5.74) is 0.394. The van der Waals surface area contributed by atoms with Crippen molar-refractivity contribution in [3.05, 3.63) is 53.2 Å². The van der Waals surface area contributed by atoms with Crippen molar-refractivity contribution < 1.29 is 14.3 Å². The van der Waals surface area contributed by atoms with E-state index in [0.29, 0.717) is 17.2 Å². The molecular formula is C18H23N3O3S. The van der Waals surface area contributed by atoms with Crippen LogP contribution in [0.25, 0.3) is 0 Å². The van der Waals surface area contributed by atoms with Crippen molar-refractivity contribution >= 4 is 23.1 Å². The van der Waals surface area contributed by atoms with Crippen molar-refractivity contribution in [3.63, 3.8) is 0 Å². The Bertz CT molecular complexity index is 745. The standard InChI is InChI=1S/C18H23N3O3S/c1-12-15(16(23)19-3)20-17(24-12)18(2,11-22)21-14(25)10-9-13-7-5-4-6-8-13/h4-8,22H,9-11H2,1-3H3,(H,19,23)(H,21,25)/t18-/m0/s1. The molecule has 1 aromatic carbocycles. The maximum atomic E-state index is 11.8. The molecule has 0 radical (unpaired) electrons. The van der Waals surface area contributed by atoms with Gasteiger partial charge in [-0.05, 0) is 25.8 Å². The first-order valence-corrected chi connectivity index (χ1v) is 8.46. The molecule has 134 valence electrons. The molecule has 0 unspecified atom stereocenters. The van der Waals surface area contributed by atoms with Gasteiger partial charge in [-0.3, -0.25) is 4.79 Å². The van der Waals surface area contributed by atoms with Crippen LogP contribution < -0.4 is 10.6 Å². The highest BCUT2D eigenvalue weighted by Gasteiger charge is 2.34. The molecule has 0 fully saturated rings. The summed E-state index contributed by atoms with van der Waals surface area (Å²) in [6.07, 6.45) is 1.43. The highest BCUT2D eigenvalue weighted by molar-refractivity contribution is 7.80. The third-order valence-corrected chi connectivity index (χ3v) is 4.23. The number of aryl methyl sites for hydroxylation is 2. The molecule has 0 bridgehead atoms. The van der Waals surface area contributed by atoms with E-state index in [9.17, 15) is 9.90 Å². The predicted molar refractivity (Wildman–Crippen MR) is 99.6 cm³/mol. The molecule has 1 heterocycles. The van der Waals surface area contributed by atoms with E-state index in [1.54, 1.807) is 13.8 Å². The molecule has 0 saturated carbocycles. The number of aliphatic hydroxyl groups is 1. The highest BCUT2D eigenvalue weighted by atomic mass is 32.1. The van der Waals surface area contributed by atoms with Crippen LogP contribution in [0.3, 0.4) is 0 Å². The smallest absolute Gasteiger partial charge is 0.273 e. The summed E-state index contributed by atoms with van der Waals surface area (Å²) in [6.45, 7) is 3.12. The molecule has 0 aliphatic rings. The van der Waals surface area contributed by atoms with E-state index in [2.05, 4.69) is 15.6 Å². The lowest BCUT2D eigenvalue weighted by Crippen LogP contribution is -2.46. The van der Waals surface area contributed by atoms with Gasteiger partial charge in [0.05, 0.1) is 11.6 Å². The lowest BCUT2D eigenvalue weighted by atomic mass is 10.0. The summed E-state index contributed by atoms with van der Waals surface area (Å²) in [5, 5.41) is 15.5. The average Bonchev–Trinajstić information content (AvgIpc) is 3.02. The molecule has 0 saturated heterocycles. The number of amides is 1. The van der Waals surface area contributed by atoms with E-state index >= 15 is 0 Å². The second kappa shape index (κ2) is 8.22. The zero-order valence-corrected chi connectivity index (χ0v) is 15.4. The molecular weight excluding hydrogens is 338 g/mol. The number of aliphatic hydroxyl groups excluding tert-OH is 1. The molecule has 0 spiro atoms. The number of thiocarbonyl (C=S) groups is 1. The quantitative estimate of drug-likeness (QED) is 0.655. The van der Waals surface area contributed by atoms with Gasteiger partial charge in [0.25, 0.3) is 5.91 Å². The van der Waals surface area contributed by atoms with E-state index in [1.807, 2.05) is 30.3 Å². The average molecular weight is 361 g/mol. The van der Waals surface area contributed by atoms with E-state index in [4.69, 9.17) is 16.6 Å². The van der Waals surface area contributed by atoms with Crippen molar-refractivity contribution in [3.8, 4) is 0 Å². The molecule has 25 heavy (non-hydrogen) atoms. The van der Waals surface area contributed by atoms with Crippen LogP contribution in [0.4, 0.5) is 0 Å². The Labute approximate surface area is 152 Å². The summed E-state index contributed by atoms with van der Waals surface area (Å²) in [6, 6.07) is 10.0. The zero-order valence-electron chi connectivity index (χ0n) is 14.6. The molecule has 2 rings (SSSR count). The van der Waals surface area contributed by atoms with Gasteiger partial charge in [-0.15, -0.1) is 0 Å². The number of nitrogens with zero attached hydrogens (tertiary/aromatic N) is 1. The number of hydrogen-bond acceptors (Lipinski definition) is 5. The lowest BCUT2D eigenvalue weighted by molar-refractivity contribution is 0.0957. The van der Waals surface area contributed by atoms with E-state index in [-0.39, 0.29) is 24.1 Å². The topological polar surface area (TPSA) is 87.4 Å². The third-order valence-electron chi connectivity index (χ3n) is 3.93. The number of carbonyl (C=O) groups is 1. The van der Waals surface area contributed by atoms with E-state index in [1.165, 1.54) is 12.6 Å². The minimum atomic E-state index is -0.995. The minimum Gasteiger partial charge on any atom is -0.442 e. The van der Waals surface area contributed by atoms with Crippen LogP contribution in [-0.2, 0) is 12.0 Å². The fourth-order valence-electron chi connectivity index (χ4n) is 2.39. The minimum absolute atomic E-state index is 0.203. The molecule has 7 heteroatoms. The lowest BCUT2D eigenvalue weighted by Gasteiger charge is -2.26. The van der Waals surface area contributed by atoms with Gasteiger partial charge in [0.1, 0.15) is 11.3 Å². The van der Waals surface area contributed by atoms with Crippen molar-refractivity contribution in [2.45, 2.75) is 32.2 Å². The fourth-order valence-corrected chi connectivity index (χ4v) is 2.72. The number of carbonyl (C=O) groups excluding carboxylic acids is 1. The summed E-state index contributed by atoms with van der Waals surface area (Å²) < 4.78 is 5.60. The molecule has 6 nitrogen and oxygen atoms in total. The fraction of sp³-hybridized carbons (Fsp3) is 0.389. The number of aromatic nitrogens is 1. The number of hydrogen-bond donors (Lipinski definition) is 3. The van der Waals surface area contributed by atoms with Gasteiger partial charge in [-0.25, -0.2) is 4.98 Å². The van der Waals surface area contributed by atoms with Crippen LogP contribution in [0.2, 0.25) is 0 Å². The predicted octanol–water partition coefficient (Wildman–Crippen LogP) is 2.10. The number of rotatable bonds is 7. The number of nitrogens with one attached hydrogen (secondary N) is 2. The van der Waals surface area contributed by atoms with Gasteiger partial charge in [0, 0.05) is 13.5 Å². The maximum Gasteiger partial charge on any atom is 0.273 e. The van der Waals surface area contributed by atoms with Gasteiger partial charge in [0.15, 0.2) is 5.69 Å². The second-order valence-corrected chi connectivity index (χ2v) is 6.52. The number of oxazole rings is 1. The van der Waals surface area contributed by atoms with Gasteiger partial charge in [-0.1, -0.05) is 42.5 Å². The van der Waals surface area contributed by atoms with Crippen LogP contribution in [0.15, 0.2) is 34.7 Å². The monoisotopic (exact) mass is 361 g/mol. The Hall–Kier alpha value is -2.25. The van der Waals surface area contributed by atoms with Crippen molar-refractivity contribution in [2.24, 2.45) is 0 Å². The van der Waals surface area contributed by atoms with Crippen LogP contribution in [0.1, 0.15) is 41.0 Å². The molecule has 1 amide bonds. The summed E-state index contributed by atoms with van der Waals surface area (Å²) in [5.74, 6) is 0.290. The Kier molecular flexibility index (Phi) is 6.27. The normalized spacial score (nSPS) is 13.1. The molecule has 2 aromatic rings. The van der Waals surface area contributed by atoms with Crippen LogP contribution in [-0.4, -0.2) is 34.6 Å². The Morgan fingerprint density at radius 3 is 2.64 bits per heavy atom. The Morgan fingerprint density at radius 1 is 1.36 bits per heavy atom. The van der Waals surface area contributed by atoms with Crippen LogP contribution in [0.5, 0.6) is 0 Å². The molecule has 1 aromatic heterocycles. The Morgan fingerprint density at radius 2 is 2.04 bits per heavy atom. The largest absolute Gasteiger partial charge is 0.442 e. The van der Waals surface area contributed by atoms with Gasteiger partial charge in [-0.2, -0.15) is 0 Å². The van der Waals surface area contributed by atoms with E-state index in [0.717, 1.165) is 6.42 Å². The van der Waals surface area contributed by atoms with Crippen molar-refractivity contribution in [2.75, 3.05) is 13.7 Å². The number of benzene rings is 1.